The van der Waals surface area contributed by atoms with E-state index < -0.39 is 0 Å². The third-order valence-electron chi connectivity index (χ3n) is 4.51. The number of aromatic hydroxyl groups is 2. The van der Waals surface area contributed by atoms with Gasteiger partial charge in [0.25, 0.3) is 0 Å². The van der Waals surface area contributed by atoms with Crippen molar-refractivity contribution in [1.82, 2.24) is 0 Å². The van der Waals surface area contributed by atoms with Crippen LogP contribution in [0.5, 0.6) is 28.7 Å². The first kappa shape index (κ1) is 19.4. The van der Waals surface area contributed by atoms with Crippen molar-refractivity contribution in [3.63, 3.8) is 0 Å². The second-order valence-electron chi connectivity index (χ2n) is 6.42. The Kier molecular flexibility index (Phi) is 6.27. The van der Waals surface area contributed by atoms with Crippen molar-refractivity contribution < 1.29 is 24.4 Å². The van der Waals surface area contributed by atoms with Crippen LogP contribution >= 0.6 is 0 Å². The molecule has 0 bridgehead atoms. The molecule has 0 aliphatic heterocycles. The Hall–Kier alpha value is -3.34. The third kappa shape index (κ3) is 4.68. The van der Waals surface area contributed by atoms with Crippen LogP contribution in [0.4, 0.5) is 0 Å². The zero-order chi connectivity index (χ0) is 19.9. The lowest BCUT2D eigenvalue weighted by Gasteiger charge is -2.13. The van der Waals surface area contributed by atoms with E-state index in [1.165, 1.54) is 13.2 Å². The second kappa shape index (κ2) is 9.04. The number of phenolic OH excluding ortho intramolecular Hbond substituents is 2. The van der Waals surface area contributed by atoms with Gasteiger partial charge < -0.3 is 24.4 Å². The molecule has 0 aromatic heterocycles. The van der Waals surface area contributed by atoms with E-state index in [0.29, 0.717) is 36.5 Å². The highest BCUT2D eigenvalue weighted by molar-refractivity contribution is 5.51. The first-order valence-corrected chi connectivity index (χ1v) is 9.03. The summed E-state index contributed by atoms with van der Waals surface area (Å²) in [5.74, 6) is 1.71. The molecule has 0 fully saturated rings. The molecule has 0 heterocycles. The van der Waals surface area contributed by atoms with Crippen LogP contribution < -0.4 is 14.2 Å². The number of hydrogen-bond acceptors (Lipinski definition) is 5. The molecule has 0 unspecified atom stereocenters. The summed E-state index contributed by atoms with van der Waals surface area (Å²) >= 11 is 0. The van der Waals surface area contributed by atoms with Crippen molar-refractivity contribution in [3.05, 3.63) is 77.4 Å². The minimum absolute atomic E-state index is 0.0510. The molecular weight excluding hydrogens is 356 g/mol. The molecule has 3 aromatic carbocycles. The smallest absolute Gasteiger partial charge is 0.164 e. The summed E-state index contributed by atoms with van der Waals surface area (Å²) in [7, 11) is 3.07. The fourth-order valence-electron chi connectivity index (χ4n) is 3.00. The van der Waals surface area contributed by atoms with E-state index in [2.05, 4.69) is 0 Å². The lowest BCUT2D eigenvalue weighted by Crippen LogP contribution is -1.99. The van der Waals surface area contributed by atoms with Crippen molar-refractivity contribution in [2.75, 3.05) is 14.2 Å². The van der Waals surface area contributed by atoms with E-state index in [1.54, 1.807) is 13.2 Å². The molecule has 2 N–H and O–H groups in total. The maximum Gasteiger partial charge on any atom is 0.164 e. The average molecular weight is 380 g/mol. The molecule has 5 heteroatoms. The van der Waals surface area contributed by atoms with E-state index in [9.17, 15) is 10.2 Å². The van der Waals surface area contributed by atoms with Gasteiger partial charge in [-0.3, -0.25) is 0 Å². The maximum absolute atomic E-state index is 10.2. The molecule has 0 saturated carbocycles. The summed E-state index contributed by atoms with van der Waals surface area (Å²) in [6.45, 7) is 0.466. The summed E-state index contributed by atoms with van der Waals surface area (Å²) in [6, 6.07) is 18.7. The summed E-state index contributed by atoms with van der Waals surface area (Å²) in [5.41, 5.74) is 2.74. The largest absolute Gasteiger partial charge is 0.508 e. The molecule has 3 rings (SSSR count). The van der Waals surface area contributed by atoms with Crippen molar-refractivity contribution in [2.45, 2.75) is 19.4 Å². The van der Waals surface area contributed by atoms with Gasteiger partial charge in [-0.25, -0.2) is 0 Å². The standard InChI is InChI=1S/C23H24O5/c1-26-21-12-16(8-10-18-13-19(24)14-22(27-2)23(18)25)9-11-20(21)28-15-17-6-4-3-5-7-17/h3-7,9,11-14,24-25H,8,10,15H2,1-2H3. The van der Waals surface area contributed by atoms with Crippen molar-refractivity contribution in [3.8, 4) is 28.7 Å². The zero-order valence-electron chi connectivity index (χ0n) is 16.0. The van der Waals surface area contributed by atoms with Crippen molar-refractivity contribution >= 4 is 0 Å². The maximum atomic E-state index is 10.2. The normalized spacial score (nSPS) is 10.5. The Morgan fingerprint density at radius 2 is 1.46 bits per heavy atom. The summed E-state index contributed by atoms with van der Waals surface area (Å²) < 4.78 is 16.4. The van der Waals surface area contributed by atoms with E-state index >= 15 is 0 Å². The van der Waals surface area contributed by atoms with Gasteiger partial charge in [-0.05, 0) is 42.2 Å². The van der Waals surface area contributed by atoms with Crippen LogP contribution in [-0.4, -0.2) is 24.4 Å². The summed E-state index contributed by atoms with van der Waals surface area (Å²) in [5, 5.41) is 20.0. The topological polar surface area (TPSA) is 68.2 Å². The number of aryl methyl sites for hydroxylation is 2. The van der Waals surface area contributed by atoms with Crippen LogP contribution in [0.2, 0.25) is 0 Å². The zero-order valence-corrected chi connectivity index (χ0v) is 16.0. The first-order chi connectivity index (χ1) is 13.6. The van der Waals surface area contributed by atoms with Crippen LogP contribution in [0.3, 0.4) is 0 Å². The van der Waals surface area contributed by atoms with Gasteiger partial charge in [0.05, 0.1) is 14.2 Å². The summed E-state index contributed by atoms with van der Waals surface area (Å²) in [4.78, 5) is 0. The third-order valence-corrected chi connectivity index (χ3v) is 4.51. The predicted octanol–water partition coefficient (Wildman–Crippen LogP) is 4.48. The van der Waals surface area contributed by atoms with Crippen LogP contribution in [-0.2, 0) is 19.4 Å². The van der Waals surface area contributed by atoms with E-state index in [4.69, 9.17) is 14.2 Å². The fourth-order valence-corrected chi connectivity index (χ4v) is 3.00. The van der Waals surface area contributed by atoms with Gasteiger partial charge in [0, 0.05) is 11.6 Å². The molecule has 0 radical (unpaired) electrons. The van der Waals surface area contributed by atoms with Gasteiger partial charge in [-0.2, -0.15) is 0 Å². The average Bonchev–Trinajstić information content (AvgIpc) is 2.73. The number of phenols is 2. The molecule has 28 heavy (non-hydrogen) atoms. The van der Waals surface area contributed by atoms with Gasteiger partial charge in [0.2, 0.25) is 0 Å². The fraction of sp³-hybridized carbons (Fsp3) is 0.217. The van der Waals surface area contributed by atoms with Crippen molar-refractivity contribution in [1.29, 1.82) is 0 Å². The van der Waals surface area contributed by atoms with Gasteiger partial charge in [0.1, 0.15) is 12.4 Å². The summed E-state index contributed by atoms with van der Waals surface area (Å²) in [6.07, 6.45) is 1.21. The highest BCUT2D eigenvalue weighted by Gasteiger charge is 2.12. The Morgan fingerprint density at radius 3 is 2.18 bits per heavy atom. The lowest BCUT2D eigenvalue weighted by molar-refractivity contribution is 0.284. The van der Waals surface area contributed by atoms with Gasteiger partial charge in [-0.1, -0.05) is 36.4 Å². The van der Waals surface area contributed by atoms with Crippen LogP contribution in [0.25, 0.3) is 0 Å². The Bertz CT molecular complexity index is 922. The Balaban J connectivity index is 1.69. The van der Waals surface area contributed by atoms with Crippen molar-refractivity contribution in [2.24, 2.45) is 0 Å². The second-order valence-corrected chi connectivity index (χ2v) is 6.42. The molecule has 146 valence electrons. The van der Waals surface area contributed by atoms with Crippen LogP contribution in [0.1, 0.15) is 16.7 Å². The SMILES string of the molecule is COc1cc(CCc2cc(O)cc(OC)c2O)ccc1OCc1ccccc1. The number of methoxy groups -OCH3 is 2. The monoisotopic (exact) mass is 380 g/mol. The lowest BCUT2D eigenvalue weighted by atomic mass is 10.0. The van der Waals surface area contributed by atoms with Gasteiger partial charge in [0.15, 0.2) is 23.0 Å². The molecule has 0 spiro atoms. The molecule has 0 aliphatic rings. The Morgan fingerprint density at radius 1 is 0.714 bits per heavy atom. The molecule has 5 nitrogen and oxygen atoms in total. The predicted molar refractivity (Wildman–Crippen MR) is 107 cm³/mol. The number of ether oxygens (including phenoxy) is 3. The van der Waals surface area contributed by atoms with Gasteiger partial charge in [-0.15, -0.1) is 0 Å². The first-order valence-electron chi connectivity index (χ1n) is 9.03. The van der Waals surface area contributed by atoms with E-state index in [-0.39, 0.29) is 17.2 Å². The quantitative estimate of drug-likeness (QED) is 0.564. The molecule has 0 atom stereocenters. The molecule has 3 aromatic rings. The number of hydrogen-bond donors (Lipinski definition) is 2. The minimum Gasteiger partial charge on any atom is -0.508 e. The van der Waals surface area contributed by atoms with E-state index in [1.807, 2.05) is 48.5 Å². The molecule has 0 saturated heterocycles. The van der Waals surface area contributed by atoms with Crippen LogP contribution in [0, 0.1) is 0 Å². The van der Waals surface area contributed by atoms with E-state index in [0.717, 1.165) is 11.1 Å². The van der Waals surface area contributed by atoms with Gasteiger partial charge >= 0.3 is 0 Å². The molecule has 0 aliphatic carbocycles. The Labute approximate surface area is 164 Å². The minimum atomic E-state index is 0.0510. The number of benzene rings is 3. The number of rotatable bonds is 8. The molecule has 0 amide bonds. The highest BCUT2D eigenvalue weighted by atomic mass is 16.5. The highest BCUT2D eigenvalue weighted by Crippen LogP contribution is 2.35. The molecular formula is C23H24O5. The van der Waals surface area contributed by atoms with Crippen LogP contribution in [0.15, 0.2) is 60.7 Å².